The molecule has 4 rings (SSSR count). The minimum Gasteiger partial charge on any atom is -0.494 e. The Balaban J connectivity index is 1.55. The Morgan fingerprint density at radius 2 is 2.00 bits per heavy atom. The van der Waals surface area contributed by atoms with Crippen molar-refractivity contribution in [3.8, 4) is 5.75 Å². The molecule has 0 saturated heterocycles. The van der Waals surface area contributed by atoms with Crippen LogP contribution in [0.4, 0.5) is 10.1 Å². The van der Waals surface area contributed by atoms with Gasteiger partial charge in [-0.15, -0.1) is 11.3 Å². The lowest BCUT2D eigenvalue weighted by atomic mass is 9.99. The number of nitrogens with zero attached hydrogens (tertiary/aromatic N) is 1. The van der Waals surface area contributed by atoms with Crippen molar-refractivity contribution < 1.29 is 22.3 Å². The summed E-state index contributed by atoms with van der Waals surface area (Å²) in [5.41, 5.74) is 2.31. The van der Waals surface area contributed by atoms with Crippen LogP contribution in [-0.2, 0) is 23.0 Å². The van der Waals surface area contributed by atoms with Crippen LogP contribution in [0.25, 0.3) is 0 Å². The Morgan fingerprint density at radius 1 is 1.17 bits per heavy atom. The molecule has 156 valence electrons. The molecule has 6 nitrogen and oxygen atoms in total. The predicted octanol–water partition coefficient (Wildman–Crippen LogP) is 3.90. The topological polar surface area (TPSA) is 75.7 Å². The average Bonchev–Trinajstić information content (AvgIpc) is 3.27. The lowest BCUT2D eigenvalue weighted by Crippen LogP contribution is -2.35. The van der Waals surface area contributed by atoms with Crippen molar-refractivity contribution in [1.82, 2.24) is 4.90 Å². The smallest absolute Gasteiger partial charge is 0.264 e. The van der Waals surface area contributed by atoms with Crippen molar-refractivity contribution in [1.29, 1.82) is 0 Å². The van der Waals surface area contributed by atoms with Crippen molar-refractivity contribution in [3.05, 3.63) is 75.7 Å². The van der Waals surface area contributed by atoms with E-state index in [9.17, 15) is 17.6 Å². The van der Waals surface area contributed by atoms with Gasteiger partial charge in [-0.25, -0.2) is 12.8 Å². The zero-order valence-electron chi connectivity index (χ0n) is 16.1. The van der Waals surface area contributed by atoms with Crippen LogP contribution in [-0.4, -0.2) is 32.9 Å². The van der Waals surface area contributed by atoms with Gasteiger partial charge in [0, 0.05) is 18.8 Å². The summed E-state index contributed by atoms with van der Waals surface area (Å²) in [5, 5.41) is 1.86. The first-order valence-corrected chi connectivity index (χ1v) is 11.5. The summed E-state index contributed by atoms with van der Waals surface area (Å²) in [7, 11) is -2.67. The van der Waals surface area contributed by atoms with Gasteiger partial charge in [0.05, 0.1) is 16.9 Å². The van der Waals surface area contributed by atoms with E-state index in [0.717, 1.165) is 17.2 Å². The van der Waals surface area contributed by atoms with E-state index in [-0.39, 0.29) is 16.6 Å². The summed E-state index contributed by atoms with van der Waals surface area (Å²) in [4.78, 5) is 14.9. The number of carbonyl (C=O) groups excluding carboxylic acids is 1. The van der Waals surface area contributed by atoms with Crippen molar-refractivity contribution in [2.24, 2.45) is 0 Å². The maximum Gasteiger partial charge on any atom is 0.264 e. The molecule has 0 bridgehead atoms. The third-order valence-electron chi connectivity index (χ3n) is 4.92. The third kappa shape index (κ3) is 4.03. The summed E-state index contributed by atoms with van der Waals surface area (Å²) >= 11 is 1.40. The number of fused-ring (bicyclic) bond motifs is 1. The van der Waals surface area contributed by atoms with E-state index >= 15 is 0 Å². The number of anilines is 1. The predicted molar refractivity (Wildman–Crippen MR) is 113 cm³/mol. The number of amides is 1. The molecule has 1 aromatic heterocycles. The molecule has 0 unspecified atom stereocenters. The van der Waals surface area contributed by atoms with Crippen LogP contribution in [0.2, 0.25) is 0 Å². The number of thiophene rings is 1. The maximum atomic E-state index is 13.9. The van der Waals surface area contributed by atoms with E-state index in [4.69, 9.17) is 4.74 Å². The van der Waals surface area contributed by atoms with Gasteiger partial charge < -0.3 is 9.64 Å². The average molecular weight is 447 g/mol. The highest BCUT2D eigenvalue weighted by Gasteiger charge is 2.23. The summed E-state index contributed by atoms with van der Waals surface area (Å²) in [5.74, 6) is -0.817. The molecule has 3 aromatic rings. The number of hydrogen-bond acceptors (Lipinski definition) is 5. The molecule has 0 fully saturated rings. The summed E-state index contributed by atoms with van der Waals surface area (Å²) in [6.45, 7) is 1.01. The SMILES string of the molecule is COc1ccc(S(=O)(=O)Nc2ccc3c(c2)CN(C(=O)c2cccs2)CC3)cc1F. The summed E-state index contributed by atoms with van der Waals surface area (Å²) < 4.78 is 46.6. The normalized spacial score (nSPS) is 13.6. The van der Waals surface area contributed by atoms with Gasteiger partial charge in [0.25, 0.3) is 15.9 Å². The largest absolute Gasteiger partial charge is 0.494 e. The Bertz CT molecular complexity index is 1190. The van der Waals surface area contributed by atoms with Gasteiger partial charge in [-0.3, -0.25) is 9.52 Å². The van der Waals surface area contributed by atoms with Crippen molar-refractivity contribution in [3.63, 3.8) is 0 Å². The third-order valence-corrected chi connectivity index (χ3v) is 7.16. The fraction of sp³-hybridized carbons (Fsp3) is 0.190. The van der Waals surface area contributed by atoms with Crippen LogP contribution in [0.15, 0.2) is 58.8 Å². The number of carbonyl (C=O) groups is 1. The highest BCUT2D eigenvalue weighted by molar-refractivity contribution is 7.92. The second kappa shape index (κ2) is 8.08. The van der Waals surface area contributed by atoms with Crippen LogP contribution in [0.1, 0.15) is 20.8 Å². The Morgan fingerprint density at radius 3 is 2.70 bits per heavy atom. The molecule has 1 amide bonds. The molecule has 1 aliphatic rings. The summed E-state index contributed by atoms with van der Waals surface area (Å²) in [6, 6.07) is 12.4. The zero-order valence-corrected chi connectivity index (χ0v) is 17.7. The second-order valence-corrected chi connectivity index (χ2v) is 9.47. The number of ether oxygens (including phenoxy) is 1. The molecule has 30 heavy (non-hydrogen) atoms. The fourth-order valence-corrected chi connectivity index (χ4v) is 5.13. The molecule has 9 heteroatoms. The van der Waals surface area contributed by atoms with E-state index in [1.807, 2.05) is 17.5 Å². The quantitative estimate of drug-likeness (QED) is 0.645. The standard InChI is InChI=1S/C21H19FN2O4S2/c1-28-19-7-6-17(12-18(19)22)30(26,27)23-16-5-4-14-8-9-24(13-15(14)11-16)21(25)20-3-2-10-29-20/h2-7,10-12,23H,8-9,13H2,1H3. The van der Waals surface area contributed by atoms with Crippen LogP contribution < -0.4 is 9.46 Å². The molecular formula is C21H19FN2O4S2. The first kappa shape index (κ1) is 20.4. The van der Waals surface area contributed by atoms with Crippen LogP contribution >= 0.6 is 11.3 Å². The minimum absolute atomic E-state index is 0.0294. The van der Waals surface area contributed by atoms with Crippen molar-refractivity contribution in [2.75, 3.05) is 18.4 Å². The Hall–Kier alpha value is -2.91. The van der Waals surface area contributed by atoms with E-state index in [1.54, 1.807) is 23.1 Å². The molecule has 0 aliphatic carbocycles. The van der Waals surface area contributed by atoms with E-state index in [2.05, 4.69) is 4.72 Å². The van der Waals surface area contributed by atoms with Crippen molar-refractivity contribution in [2.45, 2.75) is 17.9 Å². The molecule has 1 aliphatic heterocycles. The van der Waals surface area contributed by atoms with Gasteiger partial charge in [0.15, 0.2) is 11.6 Å². The van der Waals surface area contributed by atoms with Gasteiger partial charge in [-0.2, -0.15) is 0 Å². The van der Waals surface area contributed by atoms with Gasteiger partial charge in [0.1, 0.15) is 0 Å². The van der Waals surface area contributed by atoms with Crippen LogP contribution in [0.5, 0.6) is 5.75 Å². The molecule has 0 spiro atoms. The highest BCUT2D eigenvalue weighted by atomic mass is 32.2. The number of methoxy groups -OCH3 is 1. The maximum absolute atomic E-state index is 13.9. The number of nitrogens with one attached hydrogen (secondary N) is 1. The number of halogens is 1. The molecule has 2 aromatic carbocycles. The lowest BCUT2D eigenvalue weighted by molar-refractivity contribution is 0.0739. The van der Waals surface area contributed by atoms with E-state index in [0.29, 0.717) is 30.1 Å². The minimum atomic E-state index is -3.98. The van der Waals surface area contributed by atoms with Crippen molar-refractivity contribution >= 4 is 33.0 Å². The number of benzene rings is 2. The first-order valence-electron chi connectivity index (χ1n) is 9.18. The number of sulfonamides is 1. The molecule has 0 atom stereocenters. The molecule has 1 N–H and O–H groups in total. The van der Waals surface area contributed by atoms with Crippen LogP contribution in [0.3, 0.4) is 0 Å². The Kier molecular flexibility index (Phi) is 5.48. The Labute approximate surface area is 178 Å². The molecular weight excluding hydrogens is 427 g/mol. The summed E-state index contributed by atoms with van der Waals surface area (Å²) in [6.07, 6.45) is 0.698. The van der Waals surface area contributed by atoms with Crippen LogP contribution in [0, 0.1) is 5.82 Å². The molecule has 2 heterocycles. The van der Waals surface area contributed by atoms with E-state index in [1.165, 1.54) is 30.6 Å². The molecule has 0 radical (unpaired) electrons. The first-order chi connectivity index (χ1) is 14.4. The monoisotopic (exact) mass is 446 g/mol. The van der Waals surface area contributed by atoms with Gasteiger partial charge in [0.2, 0.25) is 0 Å². The lowest BCUT2D eigenvalue weighted by Gasteiger charge is -2.29. The number of hydrogen-bond donors (Lipinski definition) is 1. The fourth-order valence-electron chi connectivity index (χ4n) is 3.38. The van der Waals surface area contributed by atoms with Gasteiger partial charge in [-0.1, -0.05) is 12.1 Å². The second-order valence-electron chi connectivity index (χ2n) is 6.84. The van der Waals surface area contributed by atoms with Gasteiger partial charge in [-0.05, 0) is 59.3 Å². The van der Waals surface area contributed by atoms with E-state index < -0.39 is 15.8 Å². The zero-order chi connectivity index (χ0) is 21.3. The number of rotatable bonds is 5. The highest BCUT2D eigenvalue weighted by Crippen LogP contribution is 2.27. The van der Waals surface area contributed by atoms with Gasteiger partial charge >= 0.3 is 0 Å². The molecule has 0 saturated carbocycles.